The molecule has 1 amide bonds. The Kier molecular flexibility index (Phi) is 4.15. The largest absolute Gasteiger partial charge is 0.332 e. The summed E-state index contributed by atoms with van der Waals surface area (Å²) >= 11 is 11.2. The van der Waals surface area contributed by atoms with Gasteiger partial charge >= 0.3 is 0 Å². The molecule has 0 spiro atoms. The Morgan fingerprint density at radius 3 is 2.90 bits per heavy atom. The van der Waals surface area contributed by atoms with Gasteiger partial charge in [0.05, 0.1) is 15.4 Å². The fourth-order valence-electron chi connectivity index (χ4n) is 2.67. The van der Waals surface area contributed by atoms with Crippen molar-refractivity contribution in [3.63, 3.8) is 0 Å². The fourth-order valence-corrected chi connectivity index (χ4v) is 4.06. The predicted molar refractivity (Wildman–Crippen MR) is 86.5 cm³/mol. The van der Waals surface area contributed by atoms with Crippen molar-refractivity contribution in [2.24, 2.45) is 0 Å². The van der Waals surface area contributed by atoms with E-state index in [0.29, 0.717) is 0 Å². The van der Waals surface area contributed by atoms with Crippen LogP contribution < -0.4 is 0 Å². The number of rotatable bonds is 2. The monoisotopic (exact) mass is 369 g/mol. The molecule has 0 bridgehead atoms. The Morgan fingerprint density at radius 2 is 2.20 bits per heavy atom. The Hall–Kier alpha value is -0.840. The summed E-state index contributed by atoms with van der Waals surface area (Å²) < 4.78 is 0.981. The van der Waals surface area contributed by atoms with E-state index in [1.54, 1.807) is 0 Å². The summed E-state index contributed by atoms with van der Waals surface area (Å²) in [5, 5.41) is 2.64. The minimum Gasteiger partial charge on any atom is -0.332 e. The van der Waals surface area contributed by atoms with Crippen molar-refractivity contribution in [3.8, 4) is 0 Å². The van der Waals surface area contributed by atoms with Gasteiger partial charge in [-0.1, -0.05) is 29.8 Å². The first-order valence-electron chi connectivity index (χ1n) is 6.46. The van der Waals surface area contributed by atoms with Crippen LogP contribution >= 0.6 is 38.9 Å². The van der Waals surface area contributed by atoms with Crippen LogP contribution in [0.3, 0.4) is 0 Å². The molecule has 0 aliphatic carbocycles. The molecule has 5 heteroatoms. The maximum absolute atomic E-state index is 12.6. The van der Waals surface area contributed by atoms with Crippen LogP contribution in [0, 0.1) is 0 Å². The van der Waals surface area contributed by atoms with Crippen LogP contribution in [0.5, 0.6) is 0 Å². The minimum atomic E-state index is 0.0920. The zero-order chi connectivity index (χ0) is 14.1. The SMILES string of the molecule is O=C(c1csc(Br)c1)N1CCCC1c1ccccc1Cl. The number of benzene rings is 1. The van der Waals surface area contributed by atoms with Crippen molar-refractivity contribution in [3.05, 3.63) is 55.6 Å². The summed E-state index contributed by atoms with van der Waals surface area (Å²) in [7, 11) is 0. The van der Waals surface area contributed by atoms with Gasteiger partial charge in [0.1, 0.15) is 0 Å². The van der Waals surface area contributed by atoms with Crippen LogP contribution in [0.4, 0.5) is 0 Å². The van der Waals surface area contributed by atoms with Gasteiger partial charge < -0.3 is 4.90 Å². The molecule has 20 heavy (non-hydrogen) atoms. The number of likely N-dealkylation sites (tertiary alicyclic amines) is 1. The third kappa shape index (κ3) is 2.65. The molecule has 2 nitrogen and oxygen atoms in total. The second kappa shape index (κ2) is 5.88. The van der Waals surface area contributed by atoms with E-state index in [2.05, 4.69) is 15.9 Å². The molecule has 1 aliphatic rings. The standard InChI is InChI=1S/C15H13BrClNOS/c16-14-8-10(9-20-14)15(19)18-7-3-6-13(18)11-4-1-2-5-12(11)17/h1-2,4-5,8-9,13H,3,6-7H2. The summed E-state index contributed by atoms with van der Waals surface area (Å²) in [5.41, 5.74) is 1.80. The van der Waals surface area contributed by atoms with Gasteiger partial charge in [0, 0.05) is 16.9 Å². The van der Waals surface area contributed by atoms with E-state index in [1.165, 1.54) is 11.3 Å². The zero-order valence-corrected chi connectivity index (χ0v) is 13.8. The van der Waals surface area contributed by atoms with Gasteiger partial charge in [-0.3, -0.25) is 4.79 Å². The van der Waals surface area contributed by atoms with Gasteiger partial charge in [-0.25, -0.2) is 0 Å². The van der Waals surface area contributed by atoms with Crippen molar-refractivity contribution in [2.75, 3.05) is 6.54 Å². The molecule has 2 aromatic rings. The lowest BCUT2D eigenvalue weighted by atomic mass is 10.0. The van der Waals surface area contributed by atoms with E-state index in [0.717, 1.165) is 39.3 Å². The Balaban J connectivity index is 1.90. The smallest absolute Gasteiger partial charge is 0.255 e. The van der Waals surface area contributed by atoms with E-state index in [-0.39, 0.29) is 11.9 Å². The molecule has 2 heterocycles. The molecule has 1 saturated heterocycles. The summed E-state index contributed by atoms with van der Waals surface area (Å²) in [4.78, 5) is 14.6. The molecular formula is C15H13BrClNOS. The van der Waals surface area contributed by atoms with E-state index < -0.39 is 0 Å². The molecule has 1 aromatic heterocycles. The van der Waals surface area contributed by atoms with Gasteiger partial charge in [0.25, 0.3) is 5.91 Å². The lowest BCUT2D eigenvalue weighted by Crippen LogP contribution is -2.30. The molecule has 3 rings (SSSR count). The summed E-state index contributed by atoms with van der Waals surface area (Å²) in [6.07, 6.45) is 1.99. The summed E-state index contributed by atoms with van der Waals surface area (Å²) in [6.45, 7) is 0.794. The van der Waals surface area contributed by atoms with E-state index >= 15 is 0 Å². The van der Waals surface area contributed by atoms with Crippen LogP contribution in [0.2, 0.25) is 5.02 Å². The van der Waals surface area contributed by atoms with Crippen LogP contribution in [0.15, 0.2) is 39.5 Å². The molecule has 1 unspecified atom stereocenters. The number of thiophene rings is 1. The molecule has 1 fully saturated rings. The molecule has 0 N–H and O–H groups in total. The first-order valence-corrected chi connectivity index (χ1v) is 8.51. The fraction of sp³-hybridized carbons (Fsp3) is 0.267. The number of nitrogens with zero attached hydrogens (tertiary/aromatic N) is 1. The maximum atomic E-state index is 12.6. The van der Waals surface area contributed by atoms with Gasteiger partial charge in [0.2, 0.25) is 0 Å². The summed E-state index contributed by atoms with van der Waals surface area (Å²) in [6, 6.07) is 9.78. The van der Waals surface area contributed by atoms with Crippen LogP contribution in [0.25, 0.3) is 0 Å². The Morgan fingerprint density at radius 1 is 1.40 bits per heavy atom. The van der Waals surface area contributed by atoms with Crippen LogP contribution in [-0.4, -0.2) is 17.4 Å². The highest BCUT2D eigenvalue weighted by Crippen LogP contribution is 2.37. The number of carbonyl (C=O) groups is 1. The number of amides is 1. The first kappa shape index (κ1) is 14.1. The van der Waals surface area contributed by atoms with Crippen LogP contribution in [0.1, 0.15) is 34.8 Å². The lowest BCUT2D eigenvalue weighted by molar-refractivity contribution is 0.0736. The molecule has 0 saturated carbocycles. The highest BCUT2D eigenvalue weighted by molar-refractivity contribution is 9.11. The highest BCUT2D eigenvalue weighted by atomic mass is 79.9. The average Bonchev–Trinajstić information content (AvgIpc) is 3.07. The maximum Gasteiger partial charge on any atom is 0.255 e. The number of hydrogen-bond donors (Lipinski definition) is 0. The average molecular weight is 371 g/mol. The van der Waals surface area contributed by atoms with E-state index in [9.17, 15) is 4.79 Å². The molecule has 1 atom stereocenters. The molecule has 104 valence electrons. The van der Waals surface area contributed by atoms with Crippen molar-refractivity contribution < 1.29 is 4.79 Å². The minimum absolute atomic E-state index is 0.0920. The molecule has 1 aromatic carbocycles. The van der Waals surface area contributed by atoms with Gasteiger partial charge in [0.15, 0.2) is 0 Å². The Labute approximate surface area is 135 Å². The van der Waals surface area contributed by atoms with E-state index in [1.807, 2.05) is 40.6 Å². The second-order valence-corrected chi connectivity index (χ2v) is 7.52. The molecular weight excluding hydrogens is 358 g/mol. The van der Waals surface area contributed by atoms with Crippen molar-refractivity contribution >= 4 is 44.8 Å². The van der Waals surface area contributed by atoms with Crippen molar-refractivity contribution in [1.82, 2.24) is 4.90 Å². The van der Waals surface area contributed by atoms with Gasteiger partial charge in [-0.15, -0.1) is 11.3 Å². The summed E-state index contributed by atoms with van der Waals surface area (Å²) in [5.74, 6) is 0.0920. The molecule has 0 radical (unpaired) electrons. The van der Waals surface area contributed by atoms with E-state index in [4.69, 9.17) is 11.6 Å². The normalized spacial score (nSPS) is 18.5. The number of halogens is 2. The number of hydrogen-bond acceptors (Lipinski definition) is 2. The van der Waals surface area contributed by atoms with Crippen LogP contribution in [-0.2, 0) is 0 Å². The lowest BCUT2D eigenvalue weighted by Gasteiger charge is -2.25. The predicted octanol–water partition coefficient (Wildman–Crippen LogP) is 5.14. The van der Waals surface area contributed by atoms with Crippen molar-refractivity contribution in [2.45, 2.75) is 18.9 Å². The zero-order valence-electron chi connectivity index (χ0n) is 10.7. The third-order valence-corrected chi connectivity index (χ3v) is 5.44. The third-order valence-electron chi connectivity index (χ3n) is 3.59. The number of carbonyl (C=O) groups excluding carboxylic acids is 1. The molecule has 1 aliphatic heterocycles. The Bertz CT molecular complexity index is 642. The topological polar surface area (TPSA) is 20.3 Å². The quantitative estimate of drug-likeness (QED) is 0.716. The van der Waals surface area contributed by atoms with Crippen molar-refractivity contribution in [1.29, 1.82) is 0 Å². The van der Waals surface area contributed by atoms with Gasteiger partial charge in [-0.2, -0.15) is 0 Å². The second-order valence-electron chi connectivity index (χ2n) is 4.82. The van der Waals surface area contributed by atoms with Gasteiger partial charge in [-0.05, 0) is 46.5 Å². The highest BCUT2D eigenvalue weighted by Gasteiger charge is 2.31. The first-order chi connectivity index (χ1) is 9.66.